The quantitative estimate of drug-likeness (QED) is 0.729. The molecule has 2 heterocycles. The van der Waals surface area contributed by atoms with Crippen LogP contribution in [0.3, 0.4) is 0 Å². The van der Waals surface area contributed by atoms with Gasteiger partial charge in [-0.15, -0.1) is 0 Å². The van der Waals surface area contributed by atoms with Crippen molar-refractivity contribution in [2.45, 2.75) is 38.1 Å². The average Bonchev–Trinajstić information content (AvgIpc) is 3.17. The van der Waals surface area contributed by atoms with Crippen LogP contribution >= 0.6 is 0 Å². The van der Waals surface area contributed by atoms with E-state index in [1.54, 1.807) is 6.20 Å². The lowest BCUT2D eigenvalue weighted by Gasteiger charge is -2.33. The SMILES string of the molecule is Cc1cc(CC(N)C(=O)N2CCC(c3ccc(F)cc3)CC2)cc2cn[nH]c12. The molecule has 2 aromatic carbocycles. The van der Waals surface area contributed by atoms with Crippen molar-refractivity contribution in [3.8, 4) is 0 Å². The van der Waals surface area contributed by atoms with Crippen LogP contribution in [-0.2, 0) is 11.2 Å². The van der Waals surface area contributed by atoms with Gasteiger partial charge >= 0.3 is 0 Å². The lowest BCUT2D eigenvalue weighted by Crippen LogP contribution is -2.47. The van der Waals surface area contributed by atoms with Gasteiger partial charge in [-0.1, -0.05) is 18.2 Å². The molecule has 3 N–H and O–H groups in total. The molecule has 0 radical (unpaired) electrons. The van der Waals surface area contributed by atoms with Crippen molar-refractivity contribution in [1.82, 2.24) is 15.1 Å². The normalized spacial score (nSPS) is 16.5. The zero-order valence-corrected chi connectivity index (χ0v) is 16.0. The van der Waals surface area contributed by atoms with Crippen molar-refractivity contribution in [2.24, 2.45) is 5.73 Å². The Hall–Kier alpha value is -2.73. The minimum absolute atomic E-state index is 0.00231. The molecular weight excluding hydrogens is 355 g/mol. The number of nitrogens with one attached hydrogen (secondary N) is 1. The van der Waals surface area contributed by atoms with E-state index >= 15 is 0 Å². The molecule has 0 spiro atoms. The minimum atomic E-state index is -0.550. The van der Waals surface area contributed by atoms with Gasteiger partial charge in [-0.3, -0.25) is 9.89 Å². The lowest BCUT2D eigenvalue weighted by molar-refractivity contribution is -0.133. The number of aromatic amines is 1. The summed E-state index contributed by atoms with van der Waals surface area (Å²) in [4.78, 5) is 14.7. The Balaban J connectivity index is 1.37. The van der Waals surface area contributed by atoms with Crippen LogP contribution in [0.1, 0.15) is 35.4 Å². The maximum absolute atomic E-state index is 13.1. The third kappa shape index (κ3) is 3.78. The maximum atomic E-state index is 13.1. The van der Waals surface area contributed by atoms with Gasteiger partial charge in [0, 0.05) is 18.5 Å². The van der Waals surface area contributed by atoms with Gasteiger partial charge in [0.2, 0.25) is 5.91 Å². The second-order valence-corrected chi connectivity index (χ2v) is 7.71. The molecule has 1 unspecified atom stereocenters. The highest BCUT2D eigenvalue weighted by atomic mass is 19.1. The first-order valence-corrected chi connectivity index (χ1v) is 9.73. The van der Waals surface area contributed by atoms with Crippen LogP contribution in [-0.4, -0.2) is 40.1 Å². The van der Waals surface area contributed by atoms with Crippen molar-refractivity contribution in [3.05, 3.63) is 65.1 Å². The predicted molar refractivity (Wildman–Crippen MR) is 107 cm³/mol. The largest absolute Gasteiger partial charge is 0.341 e. The number of fused-ring (bicyclic) bond motifs is 1. The maximum Gasteiger partial charge on any atom is 0.239 e. The van der Waals surface area contributed by atoms with Crippen LogP contribution in [0.4, 0.5) is 4.39 Å². The van der Waals surface area contributed by atoms with Crippen LogP contribution < -0.4 is 5.73 Å². The molecule has 146 valence electrons. The smallest absolute Gasteiger partial charge is 0.239 e. The predicted octanol–water partition coefficient (Wildman–Crippen LogP) is 3.29. The third-order valence-electron chi connectivity index (χ3n) is 5.73. The van der Waals surface area contributed by atoms with E-state index in [2.05, 4.69) is 16.3 Å². The van der Waals surface area contributed by atoms with Gasteiger partial charge < -0.3 is 10.6 Å². The first-order chi connectivity index (χ1) is 13.5. The van der Waals surface area contributed by atoms with Gasteiger partial charge in [0.05, 0.1) is 17.8 Å². The van der Waals surface area contributed by atoms with Gasteiger partial charge in [-0.25, -0.2) is 4.39 Å². The van der Waals surface area contributed by atoms with Crippen LogP contribution in [0.2, 0.25) is 0 Å². The van der Waals surface area contributed by atoms with E-state index in [0.717, 1.165) is 40.4 Å². The number of nitrogens with two attached hydrogens (primary N) is 1. The Bertz CT molecular complexity index is 974. The Morgan fingerprint density at radius 3 is 2.71 bits per heavy atom. The molecule has 5 nitrogen and oxygen atoms in total. The number of hydrogen-bond acceptors (Lipinski definition) is 3. The van der Waals surface area contributed by atoms with Crippen LogP contribution in [0.5, 0.6) is 0 Å². The summed E-state index contributed by atoms with van der Waals surface area (Å²) < 4.78 is 13.1. The van der Waals surface area contributed by atoms with Crippen molar-refractivity contribution in [3.63, 3.8) is 0 Å². The van der Waals surface area contributed by atoms with Gasteiger partial charge in [0.15, 0.2) is 0 Å². The number of benzene rings is 2. The third-order valence-corrected chi connectivity index (χ3v) is 5.73. The Kier molecular flexibility index (Phi) is 5.13. The van der Waals surface area contributed by atoms with Gasteiger partial charge in [-0.2, -0.15) is 5.10 Å². The molecular formula is C22H25FN4O. The minimum Gasteiger partial charge on any atom is -0.341 e. The first-order valence-electron chi connectivity index (χ1n) is 9.73. The number of likely N-dealkylation sites (tertiary alicyclic amines) is 1. The topological polar surface area (TPSA) is 75.0 Å². The molecule has 28 heavy (non-hydrogen) atoms. The molecule has 6 heteroatoms. The molecule has 3 aromatic rings. The molecule has 1 aliphatic rings. The second-order valence-electron chi connectivity index (χ2n) is 7.71. The highest BCUT2D eigenvalue weighted by Crippen LogP contribution is 2.28. The summed E-state index contributed by atoms with van der Waals surface area (Å²) >= 11 is 0. The van der Waals surface area contributed by atoms with E-state index in [-0.39, 0.29) is 11.7 Å². The van der Waals surface area contributed by atoms with Crippen LogP contribution in [0.25, 0.3) is 10.9 Å². The molecule has 4 rings (SSSR count). The van der Waals surface area contributed by atoms with E-state index in [0.29, 0.717) is 25.4 Å². The number of H-pyrrole nitrogens is 1. The summed E-state index contributed by atoms with van der Waals surface area (Å²) in [5.74, 6) is 0.153. The number of nitrogens with zero attached hydrogens (tertiary/aromatic N) is 2. The number of piperidine rings is 1. The Labute approximate surface area is 163 Å². The van der Waals surface area contributed by atoms with E-state index < -0.39 is 6.04 Å². The monoisotopic (exact) mass is 380 g/mol. The number of rotatable bonds is 4. The first kappa shape index (κ1) is 18.6. The number of aryl methyl sites for hydroxylation is 1. The highest BCUT2D eigenvalue weighted by Gasteiger charge is 2.27. The van der Waals surface area contributed by atoms with E-state index in [1.165, 1.54) is 12.1 Å². The number of halogens is 1. The summed E-state index contributed by atoms with van der Waals surface area (Å²) in [7, 11) is 0. The van der Waals surface area contributed by atoms with E-state index in [4.69, 9.17) is 5.73 Å². The number of hydrogen-bond donors (Lipinski definition) is 2. The Morgan fingerprint density at radius 1 is 1.29 bits per heavy atom. The number of amides is 1. The summed E-state index contributed by atoms with van der Waals surface area (Å²) in [6, 6.07) is 10.2. The van der Waals surface area contributed by atoms with Crippen LogP contribution in [0.15, 0.2) is 42.6 Å². The van der Waals surface area contributed by atoms with Crippen LogP contribution in [0, 0.1) is 12.7 Å². The summed E-state index contributed by atoms with van der Waals surface area (Å²) in [6.45, 7) is 3.40. The Morgan fingerprint density at radius 2 is 2.00 bits per heavy atom. The standard InChI is InChI=1S/C22H25FN4O/c1-14-10-15(11-18-13-25-26-21(14)18)12-20(24)22(28)27-8-6-17(7-9-27)16-2-4-19(23)5-3-16/h2-5,10-11,13,17,20H,6-9,12,24H2,1H3,(H,25,26). The fraction of sp³-hybridized carbons (Fsp3) is 0.364. The molecule has 1 atom stereocenters. The second kappa shape index (κ2) is 7.72. The van der Waals surface area contributed by atoms with Crippen molar-refractivity contribution in [2.75, 3.05) is 13.1 Å². The fourth-order valence-corrected chi connectivity index (χ4v) is 4.17. The molecule has 1 fully saturated rings. The number of aromatic nitrogens is 2. The number of carbonyl (C=O) groups is 1. The fourth-order valence-electron chi connectivity index (χ4n) is 4.17. The van der Waals surface area contributed by atoms with Crippen molar-refractivity contribution in [1.29, 1.82) is 0 Å². The average molecular weight is 380 g/mol. The van der Waals surface area contributed by atoms with E-state index in [1.807, 2.05) is 30.0 Å². The van der Waals surface area contributed by atoms with Gasteiger partial charge in [0.25, 0.3) is 0 Å². The molecule has 0 aliphatic carbocycles. The zero-order chi connectivity index (χ0) is 19.7. The molecule has 1 amide bonds. The number of carbonyl (C=O) groups excluding carboxylic acids is 1. The molecule has 0 saturated carbocycles. The van der Waals surface area contributed by atoms with Crippen molar-refractivity contribution < 1.29 is 9.18 Å². The molecule has 0 bridgehead atoms. The molecule has 1 saturated heterocycles. The zero-order valence-electron chi connectivity index (χ0n) is 16.0. The summed E-state index contributed by atoms with van der Waals surface area (Å²) in [5, 5.41) is 8.10. The molecule has 1 aliphatic heterocycles. The lowest BCUT2D eigenvalue weighted by atomic mass is 9.89. The molecule has 1 aromatic heterocycles. The summed E-state index contributed by atoms with van der Waals surface area (Å²) in [6.07, 6.45) is 4.06. The van der Waals surface area contributed by atoms with Crippen molar-refractivity contribution >= 4 is 16.8 Å². The van der Waals surface area contributed by atoms with Gasteiger partial charge in [0.1, 0.15) is 5.82 Å². The van der Waals surface area contributed by atoms with E-state index in [9.17, 15) is 9.18 Å². The highest BCUT2D eigenvalue weighted by molar-refractivity contribution is 5.84. The summed E-state index contributed by atoms with van der Waals surface area (Å²) in [5.41, 5.74) is 10.6. The van der Waals surface area contributed by atoms with Gasteiger partial charge in [-0.05, 0) is 67.0 Å².